The van der Waals surface area contributed by atoms with E-state index in [0.717, 1.165) is 24.8 Å². The first kappa shape index (κ1) is 26.3. The lowest BCUT2D eigenvalue weighted by Crippen LogP contribution is -2.34. The topological polar surface area (TPSA) is 89.4 Å². The molecule has 1 N–H and O–H groups in total. The molecule has 0 amide bonds. The molecule has 1 aliphatic carbocycles. The molecule has 0 unspecified atom stereocenters. The van der Waals surface area contributed by atoms with Crippen LogP contribution in [0.5, 0.6) is 5.75 Å². The van der Waals surface area contributed by atoms with Crippen LogP contribution in [0.3, 0.4) is 0 Å². The van der Waals surface area contributed by atoms with E-state index in [1.165, 1.54) is 16.1 Å². The number of carbonyl (C=O) groups excluding carboxylic acids is 1. The lowest BCUT2D eigenvalue weighted by atomic mass is 9.62. The first-order valence-corrected chi connectivity index (χ1v) is 13.9. The second kappa shape index (κ2) is 10.9. The van der Waals surface area contributed by atoms with Gasteiger partial charge in [0.1, 0.15) is 12.4 Å². The fraction of sp³-hybridized carbons (Fsp3) is 0.226. The van der Waals surface area contributed by atoms with Crippen molar-refractivity contribution in [1.29, 1.82) is 0 Å². The molecule has 6 rings (SSSR count). The van der Waals surface area contributed by atoms with Gasteiger partial charge in [0.25, 0.3) is 11.3 Å². The Kier molecular flexibility index (Phi) is 7.17. The SMILES string of the molecule is O=C(CCC1(c2cccc(Cl)c2)CCC1)c1c(Cl)cccc1OCc1cc(=O)n2[nH]c(-c3ccccc3)nc2n1. The van der Waals surface area contributed by atoms with Crippen molar-refractivity contribution in [3.05, 3.63) is 116 Å². The summed E-state index contributed by atoms with van der Waals surface area (Å²) in [6, 6.07) is 23.9. The predicted octanol–water partition coefficient (Wildman–Crippen LogP) is 7.06. The molecule has 2 aromatic heterocycles. The fourth-order valence-corrected chi connectivity index (χ4v) is 5.82. The maximum atomic E-state index is 13.5. The maximum absolute atomic E-state index is 13.5. The van der Waals surface area contributed by atoms with Gasteiger partial charge in [-0.2, -0.15) is 9.50 Å². The molecule has 0 spiro atoms. The molecular formula is C31H26Cl2N4O3. The zero-order valence-corrected chi connectivity index (χ0v) is 23.1. The average molecular weight is 573 g/mol. The van der Waals surface area contributed by atoms with Crippen molar-refractivity contribution >= 4 is 34.8 Å². The summed E-state index contributed by atoms with van der Waals surface area (Å²) in [7, 11) is 0. The molecule has 1 aliphatic rings. The minimum atomic E-state index is -0.313. The van der Waals surface area contributed by atoms with Crippen LogP contribution < -0.4 is 10.3 Å². The van der Waals surface area contributed by atoms with Crippen molar-refractivity contribution in [3.63, 3.8) is 0 Å². The van der Waals surface area contributed by atoms with Crippen molar-refractivity contribution in [2.75, 3.05) is 0 Å². The largest absolute Gasteiger partial charge is 0.486 e. The number of H-pyrrole nitrogens is 1. The number of aromatic amines is 1. The Bertz CT molecular complexity index is 1760. The van der Waals surface area contributed by atoms with Crippen molar-refractivity contribution in [1.82, 2.24) is 19.6 Å². The molecule has 9 heteroatoms. The van der Waals surface area contributed by atoms with Crippen molar-refractivity contribution in [2.45, 2.75) is 44.1 Å². The second-order valence-electron chi connectivity index (χ2n) is 10.1. The van der Waals surface area contributed by atoms with Gasteiger partial charge in [0.15, 0.2) is 11.6 Å². The van der Waals surface area contributed by atoms with E-state index in [0.29, 0.717) is 45.7 Å². The number of Topliss-reactive ketones (excluding diaryl/α,β-unsaturated/α-hetero) is 1. The molecule has 5 aromatic rings. The average Bonchev–Trinajstić information content (AvgIpc) is 3.37. The van der Waals surface area contributed by atoms with Crippen LogP contribution in [0.15, 0.2) is 83.7 Å². The summed E-state index contributed by atoms with van der Waals surface area (Å²) in [6.07, 6.45) is 4.20. The summed E-state index contributed by atoms with van der Waals surface area (Å²) in [5.74, 6) is 1.04. The Hall–Kier alpha value is -3.94. The predicted molar refractivity (Wildman–Crippen MR) is 155 cm³/mol. The van der Waals surface area contributed by atoms with Gasteiger partial charge in [0, 0.05) is 23.1 Å². The van der Waals surface area contributed by atoms with Gasteiger partial charge in [-0.1, -0.05) is 78.2 Å². The van der Waals surface area contributed by atoms with E-state index in [-0.39, 0.29) is 29.1 Å². The number of rotatable bonds is 9. The number of nitrogens with one attached hydrogen (secondary N) is 1. The van der Waals surface area contributed by atoms with E-state index in [4.69, 9.17) is 27.9 Å². The van der Waals surface area contributed by atoms with Crippen molar-refractivity contribution < 1.29 is 9.53 Å². The Balaban J connectivity index is 1.20. The molecule has 0 bridgehead atoms. The molecular weight excluding hydrogens is 547 g/mol. The number of carbonyl (C=O) groups is 1. The molecule has 3 aromatic carbocycles. The summed E-state index contributed by atoms with van der Waals surface area (Å²) in [5.41, 5.74) is 2.39. The van der Waals surface area contributed by atoms with Crippen LogP contribution in [-0.2, 0) is 12.0 Å². The van der Waals surface area contributed by atoms with Gasteiger partial charge < -0.3 is 4.74 Å². The number of ether oxygens (including phenoxy) is 1. The van der Waals surface area contributed by atoms with Crippen molar-refractivity contribution in [2.24, 2.45) is 0 Å². The van der Waals surface area contributed by atoms with Crippen LogP contribution in [0.2, 0.25) is 10.0 Å². The fourth-order valence-electron chi connectivity index (χ4n) is 5.36. The maximum Gasteiger partial charge on any atom is 0.274 e. The highest BCUT2D eigenvalue weighted by atomic mass is 35.5. The number of benzene rings is 3. The molecule has 0 atom stereocenters. The van der Waals surface area contributed by atoms with Crippen molar-refractivity contribution in [3.8, 4) is 17.1 Å². The molecule has 40 heavy (non-hydrogen) atoms. The molecule has 202 valence electrons. The van der Waals surface area contributed by atoms with E-state index in [9.17, 15) is 9.59 Å². The summed E-state index contributed by atoms with van der Waals surface area (Å²) < 4.78 is 7.31. The Morgan fingerprint density at radius 3 is 2.52 bits per heavy atom. The van der Waals surface area contributed by atoms with Crippen LogP contribution in [0.4, 0.5) is 0 Å². The van der Waals surface area contributed by atoms with Gasteiger partial charge in [0.05, 0.1) is 16.3 Å². The molecule has 7 nitrogen and oxygen atoms in total. The lowest BCUT2D eigenvalue weighted by molar-refractivity contribution is 0.0949. The van der Waals surface area contributed by atoms with E-state index in [1.807, 2.05) is 48.5 Å². The van der Waals surface area contributed by atoms with Crippen LogP contribution in [-0.4, -0.2) is 25.4 Å². The zero-order valence-electron chi connectivity index (χ0n) is 21.6. The molecule has 1 fully saturated rings. The van der Waals surface area contributed by atoms with Gasteiger partial charge in [-0.15, -0.1) is 0 Å². The van der Waals surface area contributed by atoms with Gasteiger partial charge in [0.2, 0.25) is 0 Å². The monoisotopic (exact) mass is 572 g/mol. The Morgan fingerprint density at radius 1 is 0.975 bits per heavy atom. The number of nitrogens with zero attached hydrogens (tertiary/aromatic N) is 3. The molecule has 0 saturated heterocycles. The van der Waals surface area contributed by atoms with Crippen LogP contribution in [0.1, 0.15) is 53.7 Å². The lowest BCUT2D eigenvalue weighted by Gasteiger charge is -2.42. The second-order valence-corrected chi connectivity index (χ2v) is 11.0. The molecule has 2 heterocycles. The first-order valence-electron chi connectivity index (χ1n) is 13.2. The Labute approximate surface area is 240 Å². The number of aromatic nitrogens is 4. The van der Waals surface area contributed by atoms with Crippen LogP contribution in [0.25, 0.3) is 17.2 Å². The zero-order chi connectivity index (χ0) is 27.7. The van der Waals surface area contributed by atoms with E-state index in [2.05, 4.69) is 21.1 Å². The Morgan fingerprint density at radius 2 is 1.77 bits per heavy atom. The third-order valence-electron chi connectivity index (χ3n) is 7.64. The number of halogens is 2. The highest BCUT2D eigenvalue weighted by Gasteiger charge is 2.39. The smallest absolute Gasteiger partial charge is 0.274 e. The molecule has 0 radical (unpaired) electrons. The molecule has 1 saturated carbocycles. The van der Waals surface area contributed by atoms with Gasteiger partial charge in [-0.25, -0.2) is 4.98 Å². The highest BCUT2D eigenvalue weighted by molar-refractivity contribution is 6.34. The summed E-state index contributed by atoms with van der Waals surface area (Å²) in [4.78, 5) is 35.2. The van der Waals surface area contributed by atoms with Gasteiger partial charge in [-0.3, -0.25) is 14.7 Å². The van der Waals surface area contributed by atoms with E-state index >= 15 is 0 Å². The highest BCUT2D eigenvalue weighted by Crippen LogP contribution is 2.48. The third-order valence-corrected chi connectivity index (χ3v) is 8.19. The summed E-state index contributed by atoms with van der Waals surface area (Å²) >= 11 is 12.8. The quantitative estimate of drug-likeness (QED) is 0.191. The van der Waals surface area contributed by atoms with Crippen LogP contribution in [0, 0.1) is 0 Å². The van der Waals surface area contributed by atoms with E-state index in [1.54, 1.807) is 18.2 Å². The standard InChI is InChI=1S/C31H26Cl2N4O3/c32-22-10-4-9-21(17-22)31(14-6-15-31)16-13-25(38)28-24(33)11-5-12-26(28)40-19-23-18-27(39)37-30(34-23)35-29(36-37)20-7-2-1-3-8-20/h1-5,7-12,17-18H,6,13-16,19H2,(H,34,35,36). The number of hydrogen-bond acceptors (Lipinski definition) is 5. The normalized spacial score (nSPS) is 14.2. The van der Waals surface area contributed by atoms with E-state index < -0.39 is 0 Å². The summed E-state index contributed by atoms with van der Waals surface area (Å²) in [6.45, 7) is -0.0215. The number of ketones is 1. The minimum Gasteiger partial charge on any atom is -0.486 e. The van der Waals surface area contributed by atoms with Gasteiger partial charge in [-0.05, 0) is 54.5 Å². The number of fused-ring (bicyclic) bond motifs is 1. The third kappa shape index (κ3) is 5.15. The van der Waals surface area contributed by atoms with Gasteiger partial charge >= 0.3 is 0 Å². The minimum absolute atomic E-state index is 0.0215. The first-order chi connectivity index (χ1) is 19.4. The molecule has 0 aliphatic heterocycles. The summed E-state index contributed by atoms with van der Waals surface area (Å²) in [5, 5.41) is 4.02. The number of hydrogen-bond donors (Lipinski definition) is 1. The van der Waals surface area contributed by atoms with Crippen LogP contribution >= 0.6 is 23.2 Å².